The van der Waals surface area contributed by atoms with Gasteiger partial charge in [0, 0.05) is 11.9 Å². The van der Waals surface area contributed by atoms with Gasteiger partial charge in [-0.05, 0) is 18.4 Å². The molecule has 2 N–H and O–H groups in total. The molecule has 16 heavy (non-hydrogen) atoms. The number of nitrogens with one attached hydrogen (secondary N) is 1. The van der Waals surface area contributed by atoms with Gasteiger partial charge in [0.05, 0.1) is 0 Å². The Hall–Kier alpha value is -1.56. The molecule has 0 saturated carbocycles. The van der Waals surface area contributed by atoms with Crippen LogP contribution in [0.15, 0.2) is 24.4 Å². The maximum absolute atomic E-state index is 11.6. The lowest BCUT2D eigenvalue weighted by atomic mass is 10.3. The molecule has 0 radical (unpaired) electrons. The smallest absolute Gasteiger partial charge is 0.327 e. The number of carbonyl (C=O) groups is 2. The Morgan fingerprint density at radius 1 is 1.56 bits per heavy atom. The Kier molecular flexibility index (Phi) is 4.78. The Labute approximate surface area is 97.3 Å². The molecule has 1 unspecified atom stereocenters. The van der Waals surface area contributed by atoms with Crippen LogP contribution < -0.4 is 5.32 Å². The number of thioether (sulfide) groups is 1. The summed E-state index contributed by atoms with van der Waals surface area (Å²) in [4.78, 5) is 26.2. The molecule has 5 nitrogen and oxygen atoms in total. The van der Waals surface area contributed by atoms with Crippen LogP contribution in [0.5, 0.6) is 0 Å². The van der Waals surface area contributed by atoms with Crippen molar-refractivity contribution < 1.29 is 14.7 Å². The van der Waals surface area contributed by atoms with Crippen molar-refractivity contribution in [2.75, 3.05) is 12.0 Å². The number of nitrogens with zero attached hydrogens (tertiary/aromatic N) is 1. The van der Waals surface area contributed by atoms with E-state index in [1.807, 2.05) is 0 Å². The van der Waals surface area contributed by atoms with E-state index in [9.17, 15) is 9.59 Å². The van der Waals surface area contributed by atoms with E-state index in [2.05, 4.69) is 10.3 Å². The molecule has 1 aromatic rings. The number of aromatic nitrogens is 1. The van der Waals surface area contributed by atoms with Crippen molar-refractivity contribution in [1.29, 1.82) is 0 Å². The van der Waals surface area contributed by atoms with Gasteiger partial charge in [-0.1, -0.05) is 6.07 Å². The maximum Gasteiger partial charge on any atom is 0.327 e. The predicted molar refractivity (Wildman–Crippen MR) is 61.5 cm³/mol. The quantitative estimate of drug-likeness (QED) is 0.789. The first-order chi connectivity index (χ1) is 7.65. The van der Waals surface area contributed by atoms with E-state index in [4.69, 9.17) is 5.11 Å². The number of carboxylic acid groups (broad SMARTS) is 1. The van der Waals surface area contributed by atoms with Crippen molar-refractivity contribution in [3.8, 4) is 0 Å². The van der Waals surface area contributed by atoms with Gasteiger partial charge in [0.1, 0.15) is 11.7 Å². The highest BCUT2D eigenvalue weighted by Crippen LogP contribution is 2.00. The number of pyridine rings is 1. The van der Waals surface area contributed by atoms with E-state index >= 15 is 0 Å². The Balaban J connectivity index is 2.65. The molecule has 6 heteroatoms. The average Bonchev–Trinajstić information content (AvgIpc) is 2.29. The molecule has 0 aliphatic heterocycles. The highest BCUT2D eigenvalue weighted by molar-refractivity contribution is 7.98. The fourth-order valence-corrected chi connectivity index (χ4v) is 1.63. The van der Waals surface area contributed by atoms with E-state index in [1.54, 1.807) is 18.4 Å². The normalized spacial score (nSPS) is 11.8. The van der Waals surface area contributed by atoms with Gasteiger partial charge >= 0.3 is 5.97 Å². The molecule has 1 heterocycles. The first-order valence-electron chi connectivity index (χ1n) is 4.58. The lowest BCUT2D eigenvalue weighted by Crippen LogP contribution is -2.42. The van der Waals surface area contributed by atoms with Gasteiger partial charge in [-0.15, -0.1) is 0 Å². The highest BCUT2D eigenvalue weighted by Gasteiger charge is 2.20. The number of carboxylic acids is 1. The zero-order valence-electron chi connectivity index (χ0n) is 8.71. The number of rotatable bonds is 5. The topological polar surface area (TPSA) is 79.3 Å². The molecule has 0 aliphatic carbocycles. The third-order valence-corrected chi connectivity index (χ3v) is 2.50. The second-order valence-corrected chi connectivity index (χ2v) is 3.95. The Morgan fingerprint density at radius 3 is 2.81 bits per heavy atom. The molecule has 1 atom stereocenters. The first kappa shape index (κ1) is 12.5. The fourth-order valence-electron chi connectivity index (χ4n) is 1.07. The van der Waals surface area contributed by atoms with Crippen LogP contribution in [-0.2, 0) is 4.79 Å². The molecule has 1 rings (SSSR count). The number of hydrogen-bond acceptors (Lipinski definition) is 4. The SMILES string of the molecule is CSCC(NC(=O)c1ccccn1)C(=O)O. The van der Waals surface area contributed by atoms with Gasteiger partial charge in [0.2, 0.25) is 0 Å². The van der Waals surface area contributed by atoms with Gasteiger partial charge in [-0.3, -0.25) is 9.78 Å². The monoisotopic (exact) mass is 240 g/mol. The van der Waals surface area contributed by atoms with Gasteiger partial charge in [-0.25, -0.2) is 4.79 Å². The Bertz CT molecular complexity index is 370. The summed E-state index contributed by atoms with van der Waals surface area (Å²) in [5, 5.41) is 11.3. The minimum atomic E-state index is -1.04. The largest absolute Gasteiger partial charge is 0.480 e. The van der Waals surface area contributed by atoms with Gasteiger partial charge in [-0.2, -0.15) is 11.8 Å². The lowest BCUT2D eigenvalue weighted by Gasteiger charge is -2.12. The molecule has 0 aromatic carbocycles. The van der Waals surface area contributed by atoms with Crippen LogP contribution in [0.2, 0.25) is 0 Å². The second-order valence-electron chi connectivity index (χ2n) is 3.03. The summed E-state index contributed by atoms with van der Waals surface area (Å²) >= 11 is 1.36. The molecule has 0 aliphatic rings. The van der Waals surface area contributed by atoms with Crippen LogP contribution in [0.4, 0.5) is 0 Å². The number of hydrogen-bond donors (Lipinski definition) is 2. The summed E-state index contributed by atoms with van der Waals surface area (Å²) < 4.78 is 0. The third-order valence-electron chi connectivity index (χ3n) is 1.83. The summed E-state index contributed by atoms with van der Waals surface area (Å²) in [6.07, 6.45) is 3.27. The van der Waals surface area contributed by atoms with Crippen LogP contribution >= 0.6 is 11.8 Å². The molecule has 1 aromatic heterocycles. The van der Waals surface area contributed by atoms with E-state index in [-0.39, 0.29) is 5.69 Å². The van der Waals surface area contributed by atoms with Crippen molar-refractivity contribution >= 4 is 23.6 Å². The third kappa shape index (κ3) is 3.54. The van der Waals surface area contributed by atoms with Crippen LogP contribution in [-0.4, -0.2) is 40.0 Å². The summed E-state index contributed by atoms with van der Waals surface area (Å²) in [7, 11) is 0. The molecular formula is C10H12N2O3S. The van der Waals surface area contributed by atoms with E-state index in [0.717, 1.165) is 0 Å². The zero-order valence-corrected chi connectivity index (χ0v) is 9.53. The van der Waals surface area contributed by atoms with Crippen LogP contribution in [0.25, 0.3) is 0 Å². The van der Waals surface area contributed by atoms with E-state index in [1.165, 1.54) is 24.0 Å². The van der Waals surface area contributed by atoms with Crippen LogP contribution in [0.3, 0.4) is 0 Å². The molecular weight excluding hydrogens is 228 g/mol. The number of amides is 1. The molecule has 0 fully saturated rings. The van der Waals surface area contributed by atoms with Gasteiger partial charge < -0.3 is 10.4 Å². The van der Waals surface area contributed by atoms with Gasteiger partial charge in [0.25, 0.3) is 5.91 Å². The summed E-state index contributed by atoms with van der Waals surface area (Å²) in [5.41, 5.74) is 0.217. The molecule has 0 bridgehead atoms. The van der Waals surface area contributed by atoms with E-state index in [0.29, 0.717) is 5.75 Å². The highest BCUT2D eigenvalue weighted by atomic mass is 32.2. The minimum Gasteiger partial charge on any atom is -0.480 e. The van der Waals surface area contributed by atoms with Crippen molar-refractivity contribution in [2.24, 2.45) is 0 Å². The lowest BCUT2D eigenvalue weighted by molar-refractivity contribution is -0.138. The summed E-state index contributed by atoms with van der Waals surface area (Å²) in [6.45, 7) is 0. The summed E-state index contributed by atoms with van der Waals surface area (Å²) in [6, 6.07) is 4.01. The summed E-state index contributed by atoms with van der Waals surface area (Å²) in [5.74, 6) is -1.19. The zero-order chi connectivity index (χ0) is 12.0. The molecule has 86 valence electrons. The standard InChI is InChI=1S/C10H12N2O3S/c1-16-6-8(10(14)15)12-9(13)7-4-2-3-5-11-7/h2-5,8H,6H2,1H3,(H,12,13)(H,14,15). The van der Waals surface area contributed by atoms with Crippen molar-refractivity contribution in [1.82, 2.24) is 10.3 Å². The first-order valence-corrected chi connectivity index (χ1v) is 5.98. The van der Waals surface area contributed by atoms with Crippen molar-refractivity contribution in [2.45, 2.75) is 6.04 Å². The maximum atomic E-state index is 11.6. The van der Waals surface area contributed by atoms with Crippen molar-refractivity contribution in [3.05, 3.63) is 30.1 Å². The second kappa shape index (κ2) is 6.12. The predicted octanol–water partition coefficient (Wildman–Crippen LogP) is 0.628. The fraction of sp³-hybridized carbons (Fsp3) is 0.300. The van der Waals surface area contributed by atoms with Crippen LogP contribution in [0, 0.1) is 0 Å². The Morgan fingerprint density at radius 2 is 2.31 bits per heavy atom. The van der Waals surface area contributed by atoms with Crippen LogP contribution in [0.1, 0.15) is 10.5 Å². The average molecular weight is 240 g/mol. The molecule has 1 amide bonds. The number of carbonyl (C=O) groups excluding carboxylic acids is 1. The van der Waals surface area contributed by atoms with Gasteiger partial charge in [0.15, 0.2) is 0 Å². The molecule has 0 spiro atoms. The minimum absolute atomic E-state index is 0.217. The number of aliphatic carboxylic acids is 1. The molecule has 0 saturated heterocycles. The van der Waals surface area contributed by atoms with E-state index < -0.39 is 17.9 Å². The van der Waals surface area contributed by atoms with Crippen molar-refractivity contribution in [3.63, 3.8) is 0 Å².